The van der Waals surface area contributed by atoms with E-state index in [2.05, 4.69) is 49.0 Å². The van der Waals surface area contributed by atoms with E-state index in [4.69, 9.17) is 0 Å². The van der Waals surface area contributed by atoms with Gasteiger partial charge in [0.2, 0.25) is 0 Å². The largest absolute Gasteiger partial charge is 0.176 e. The van der Waals surface area contributed by atoms with Crippen LogP contribution in [0.4, 0.5) is 0 Å². The van der Waals surface area contributed by atoms with Crippen molar-refractivity contribution >= 4 is 23.4 Å². The van der Waals surface area contributed by atoms with Crippen LogP contribution in [0.1, 0.15) is 17.5 Å². The second-order valence-electron chi connectivity index (χ2n) is 4.36. The molecule has 2 aromatic rings. The van der Waals surface area contributed by atoms with Crippen LogP contribution < -0.4 is 0 Å². The quantitative estimate of drug-likeness (QED) is 0.636. The van der Waals surface area contributed by atoms with Crippen LogP contribution in [0.15, 0.2) is 36.4 Å². The molecular formula is C14H14S. The predicted molar refractivity (Wildman–Crippen MR) is 68.7 cm³/mol. The highest BCUT2D eigenvalue weighted by atomic mass is 32.1. The summed E-state index contributed by atoms with van der Waals surface area (Å²) in [5.41, 5.74) is 3.03. The highest BCUT2D eigenvalue weighted by molar-refractivity contribution is 7.80. The first-order chi connectivity index (χ1) is 7.33. The molecule has 0 heterocycles. The summed E-state index contributed by atoms with van der Waals surface area (Å²) in [7, 11) is 0. The van der Waals surface area contributed by atoms with Gasteiger partial charge in [-0.05, 0) is 41.2 Å². The van der Waals surface area contributed by atoms with Gasteiger partial charge in [-0.15, -0.1) is 0 Å². The van der Waals surface area contributed by atoms with Gasteiger partial charge < -0.3 is 0 Å². The molecule has 3 rings (SSSR count). The first-order valence-electron chi connectivity index (χ1n) is 5.51. The summed E-state index contributed by atoms with van der Waals surface area (Å²) >= 11 is 4.58. The molecule has 2 aromatic carbocycles. The number of rotatable bonds is 0. The lowest BCUT2D eigenvalue weighted by atomic mass is 9.89. The van der Waals surface area contributed by atoms with E-state index in [1.807, 2.05) is 0 Å². The smallest absolute Gasteiger partial charge is 0.00604 e. The number of thiol groups is 1. The van der Waals surface area contributed by atoms with E-state index >= 15 is 0 Å². The SMILES string of the molecule is SC1CCc2cc3ccccc3cc2C1. The van der Waals surface area contributed by atoms with Gasteiger partial charge in [0.05, 0.1) is 0 Å². The summed E-state index contributed by atoms with van der Waals surface area (Å²) in [6.45, 7) is 0. The first-order valence-corrected chi connectivity index (χ1v) is 6.03. The van der Waals surface area contributed by atoms with Crippen molar-refractivity contribution in [2.24, 2.45) is 0 Å². The molecule has 0 saturated heterocycles. The fourth-order valence-corrected chi connectivity index (χ4v) is 2.76. The van der Waals surface area contributed by atoms with E-state index < -0.39 is 0 Å². The van der Waals surface area contributed by atoms with Gasteiger partial charge in [0.25, 0.3) is 0 Å². The molecule has 1 aliphatic rings. The van der Waals surface area contributed by atoms with Crippen LogP contribution in [0.3, 0.4) is 0 Å². The number of fused-ring (bicyclic) bond motifs is 2. The van der Waals surface area contributed by atoms with Crippen LogP contribution >= 0.6 is 12.6 Å². The predicted octanol–water partition coefficient (Wildman–Crippen LogP) is 3.63. The van der Waals surface area contributed by atoms with Gasteiger partial charge in [-0.3, -0.25) is 0 Å². The van der Waals surface area contributed by atoms with Gasteiger partial charge in [0.1, 0.15) is 0 Å². The fraction of sp³-hybridized carbons (Fsp3) is 0.286. The Kier molecular flexibility index (Phi) is 2.21. The molecule has 0 aliphatic heterocycles. The monoisotopic (exact) mass is 214 g/mol. The summed E-state index contributed by atoms with van der Waals surface area (Å²) in [5.74, 6) is 0. The Hall–Kier alpha value is -0.950. The lowest BCUT2D eigenvalue weighted by molar-refractivity contribution is 0.708. The third kappa shape index (κ3) is 1.65. The molecule has 0 aromatic heterocycles. The number of benzene rings is 2. The molecule has 0 N–H and O–H groups in total. The van der Waals surface area contributed by atoms with E-state index in [0.717, 1.165) is 6.42 Å². The molecular weight excluding hydrogens is 200 g/mol. The third-order valence-electron chi connectivity index (χ3n) is 3.27. The van der Waals surface area contributed by atoms with Gasteiger partial charge in [0, 0.05) is 5.25 Å². The normalized spacial score (nSPS) is 20.2. The molecule has 15 heavy (non-hydrogen) atoms. The second kappa shape index (κ2) is 3.57. The minimum absolute atomic E-state index is 0.554. The van der Waals surface area contributed by atoms with Crippen molar-refractivity contribution in [2.75, 3.05) is 0 Å². The first kappa shape index (κ1) is 9.29. The average molecular weight is 214 g/mol. The van der Waals surface area contributed by atoms with Crippen LogP contribution in [0.25, 0.3) is 10.8 Å². The third-order valence-corrected chi connectivity index (χ3v) is 3.71. The maximum absolute atomic E-state index is 4.58. The molecule has 0 amide bonds. The maximum atomic E-state index is 4.58. The molecule has 0 saturated carbocycles. The van der Waals surface area contributed by atoms with Crippen molar-refractivity contribution in [2.45, 2.75) is 24.5 Å². The van der Waals surface area contributed by atoms with E-state index in [1.165, 1.54) is 34.7 Å². The van der Waals surface area contributed by atoms with Crippen molar-refractivity contribution < 1.29 is 0 Å². The van der Waals surface area contributed by atoms with E-state index in [-0.39, 0.29) is 0 Å². The van der Waals surface area contributed by atoms with Crippen molar-refractivity contribution in [3.8, 4) is 0 Å². The van der Waals surface area contributed by atoms with E-state index in [9.17, 15) is 0 Å². The van der Waals surface area contributed by atoms with Crippen LogP contribution in [0.2, 0.25) is 0 Å². The van der Waals surface area contributed by atoms with E-state index in [1.54, 1.807) is 0 Å². The fourth-order valence-electron chi connectivity index (χ4n) is 2.44. The van der Waals surface area contributed by atoms with Crippen LogP contribution in [-0.4, -0.2) is 5.25 Å². The molecule has 76 valence electrons. The molecule has 0 nitrogen and oxygen atoms in total. The van der Waals surface area contributed by atoms with Crippen LogP contribution in [-0.2, 0) is 12.8 Å². The minimum atomic E-state index is 0.554. The molecule has 0 bridgehead atoms. The molecule has 0 fully saturated rings. The summed E-state index contributed by atoms with van der Waals surface area (Å²) in [6.07, 6.45) is 3.53. The topological polar surface area (TPSA) is 0 Å². The molecule has 1 aliphatic carbocycles. The second-order valence-corrected chi connectivity index (χ2v) is 5.09. The van der Waals surface area contributed by atoms with Crippen molar-refractivity contribution in [3.63, 3.8) is 0 Å². The number of hydrogen-bond donors (Lipinski definition) is 1. The standard InChI is InChI=1S/C14H14S/c15-14-6-5-12-7-10-3-1-2-4-11(10)8-13(12)9-14/h1-4,7-8,14-15H,5-6,9H2. The summed E-state index contributed by atoms with van der Waals surface area (Å²) < 4.78 is 0. The Labute approximate surface area is 95.7 Å². The molecule has 0 spiro atoms. The van der Waals surface area contributed by atoms with Gasteiger partial charge in [-0.2, -0.15) is 12.6 Å². The van der Waals surface area contributed by atoms with Crippen molar-refractivity contribution in [3.05, 3.63) is 47.5 Å². The molecule has 1 unspecified atom stereocenters. The van der Waals surface area contributed by atoms with Crippen LogP contribution in [0.5, 0.6) is 0 Å². The van der Waals surface area contributed by atoms with E-state index in [0.29, 0.717) is 5.25 Å². The van der Waals surface area contributed by atoms with Gasteiger partial charge >= 0.3 is 0 Å². The Balaban J connectivity index is 2.20. The minimum Gasteiger partial charge on any atom is -0.176 e. The van der Waals surface area contributed by atoms with Gasteiger partial charge in [-0.1, -0.05) is 36.4 Å². The lowest BCUT2D eigenvalue weighted by Crippen LogP contribution is -2.13. The summed E-state index contributed by atoms with van der Waals surface area (Å²) in [4.78, 5) is 0. The Morgan fingerprint density at radius 2 is 1.67 bits per heavy atom. The Morgan fingerprint density at radius 3 is 2.40 bits per heavy atom. The van der Waals surface area contributed by atoms with Crippen molar-refractivity contribution in [1.82, 2.24) is 0 Å². The highest BCUT2D eigenvalue weighted by Crippen LogP contribution is 2.28. The summed E-state index contributed by atoms with van der Waals surface area (Å²) in [5, 5.41) is 3.28. The average Bonchev–Trinajstić information content (AvgIpc) is 2.26. The number of hydrogen-bond acceptors (Lipinski definition) is 1. The number of aryl methyl sites for hydroxylation is 1. The molecule has 1 heteroatoms. The molecule has 1 atom stereocenters. The maximum Gasteiger partial charge on any atom is 0.00604 e. The Bertz CT molecular complexity index is 502. The molecule has 0 radical (unpaired) electrons. The lowest BCUT2D eigenvalue weighted by Gasteiger charge is -2.21. The zero-order chi connectivity index (χ0) is 10.3. The van der Waals surface area contributed by atoms with Crippen molar-refractivity contribution in [1.29, 1.82) is 0 Å². The zero-order valence-corrected chi connectivity index (χ0v) is 9.50. The highest BCUT2D eigenvalue weighted by Gasteiger charge is 2.15. The van der Waals surface area contributed by atoms with Crippen LogP contribution in [0, 0.1) is 0 Å². The van der Waals surface area contributed by atoms with Gasteiger partial charge in [-0.25, -0.2) is 0 Å². The van der Waals surface area contributed by atoms with Gasteiger partial charge in [0.15, 0.2) is 0 Å². The Morgan fingerprint density at radius 1 is 1.00 bits per heavy atom. The summed E-state index contributed by atoms with van der Waals surface area (Å²) in [6, 6.07) is 13.3. The zero-order valence-electron chi connectivity index (χ0n) is 8.61.